The molecular formula is C17H27N3O3. The molecule has 2 rings (SSSR count). The van der Waals surface area contributed by atoms with Crippen LogP contribution in [0.3, 0.4) is 0 Å². The standard InChI is InChI=1S/C17H27N3O3/c1-22-17(21)15(18)9-12-23-11-3-2-6-14-8-7-13-5-4-10-19-16(13)20-14/h7-8,15H,2-6,9-12,18H2,1H3,(H,19,20)/t15-/m0/s1. The molecule has 0 aliphatic carbocycles. The van der Waals surface area contributed by atoms with Gasteiger partial charge in [0.05, 0.1) is 7.11 Å². The Bertz CT molecular complexity index is 508. The number of fused-ring (bicyclic) bond motifs is 1. The summed E-state index contributed by atoms with van der Waals surface area (Å²) in [5.74, 6) is 0.669. The van der Waals surface area contributed by atoms with Gasteiger partial charge in [-0.2, -0.15) is 0 Å². The zero-order valence-electron chi connectivity index (χ0n) is 13.8. The van der Waals surface area contributed by atoms with Gasteiger partial charge in [-0.3, -0.25) is 4.79 Å². The van der Waals surface area contributed by atoms with Gasteiger partial charge in [0.1, 0.15) is 11.9 Å². The molecule has 0 amide bonds. The molecular weight excluding hydrogens is 294 g/mol. The SMILES string of the molecule is COC(=O)[C@@H](N)CCOCCCCc1ccc2c(n1)NCCC2. The van der Waals surface area contributed by atoms with Crippen LogP contribution >= 0.6 is 0 Å². The molecule has 6 heteroatoms. The lowest BCUT2D eigenvalue weighted by Gasteiger charge is -2.17. The quantitative estimate of drug-likeness (QED) is 0.531. The Kier molecular flexibility index (Phi) is 7.29. The molecule has 1 aliphatic rings. The highest BCUT2D eigenvalue weighted by Gasteiger charge is 2.13. The lowest BCUT2D eigenvalue weighted by atomic mass is 10.1. The molecule has 0 bridgehead atoms. The Morgan fingerprint density at radius 2 is 2.26 bits per heavy atom. The number of carbonyl (C=O) groups excluding carboxylic acids is 1. The van der Waals surface area contributed by atoms with Gasteiger partial charge in [-0.15, -0.1) is 0 Å². The fourth-order valence-electron chi connectivity index (χ4n) is 2.60. The topological polar surface area (TPSA) is 86.5 Å². The number of methoxy groups -OCH3 is 1. The number of carbonyl (C=O) groups is 1. The van der Waals surface area contributed by atoms with Crippen LogP contribution in [-0.2, 0) is 27.1 Å². The van der Waals surface area contributed by atoms with E-state index >= 15 is 0 Å². The van der Waals surface area contributed by atoms with Crippen LogP contribution in [0.15, 0.2) is 12.1 Å². The van der Waals surface area contributed by atoms with Gasteiger partial charge in [0.2, 0.25) is 0 Å². The molecule has 0 aromatic carbocycles. The Balaban J connectivity index is 1.56. The van der Waals surface area contributed by atoms with Crippen molar-refractivity contribution < 1.29 is 14.3 Å². The maximum absolute atomic E-state index is 11.1. The summed E-state index contributed by atoms with van der Waals surface area (Å²) in [6.45, 7) is 2.18. The summed E-state index contributed by atoms with van der Waals surface area (Å²) in [5.41, 5.74) is 8.09. The number of hydrogen-bond donors (Lipinski definition) is 2. The number of nitrogens with zero attached hydrogens (tertiary/aromatic N) is 1. The Hall–Kier alpha value is -1.66. The van der Waals surface area contributed by atoms with Crippen molar-refractivity contribution >= 4 is 11.8 Å². The van der Waals surface area contributed by atoms with Crippen molar-refractivity contribution in [3.05, 3.63) is 23.4 Å². The van der Waals surface area contributed by atoms with E-state index in [0.717, 1.165) is 43.7 Å². The molecule has 1 aromatic heterocycles. The average molecular weight is 321 g/mol. The average Bonchev–Trinajstić information content (AvgIpc) is 2.59. The van der Waals surface area contributed by atoms with Gasteiger partial charge in [-0.05, 0) is 50.2 Å². The molecule has 0 unspecified atom stereocenters. The summed E-state index contributed by atoms with van der Waals surface area (Å²) in [6.07, 6.45) is 5.77. The summed E-state index contributed by atoms with van der Waals surface area (Å²) in [5, 5.41) is 3.36. The molecule has 1 aliphatic heterocycles. The van der Waals surface area contributed by atoms with Crippen molar-refractivity contribution in [3.63, 3.8) is 0 Å². The van der Waals surface area contributed by atoms with Gasteiger partial charge in [0, 0.05) is 25.5 Å². The molecule has 0 saturated heterocycles. The lowest BCUT2D eigenvalue weighted by molar-refractivity contribution is -0.142. The monoisotopic (exact) mass is 321 g/mol. The van der Waals surface area contributed by atoms with Crippen LogP contribution in [-0.4, -0.2) is 43.9 Å². The molecule has 2 heterocycles. The van der Waals surface area contributed by atoms with Crippen LogP contribution in [0, 0.1) is 0 Å². The Morgan fingerprint density at radius 1 is 1.39 bits per heavy atom. The highest BCUT2D eigenvalue weighted by Crippen LogP contribution is 2.20. The van der Waals surface area contributed by atoms with Gasteiger partial charge in [-0.25, -0.2) is 4.98 Å². The number of rotatable bonds is 9. The van der Waals surface area contributed by atoms with Crippen molar-refractivity contribution in [1.29, 1.82) is 0 Å². The summed E-state index contributed by atoms with van der Waals surface area (Å²) in [4.78, 5) is 15.8. The van der Waals surface area contributed by atoms with E-state index in [-0.39, 0.29) is 5.97 Å². The fourth-order valence-corrected chi connectivity index (χ4v) is 2.60. The molecule has 6 nitrogen and oxygen atoms in total. The van der Waals surface area contributed by atoms with Crippen LogP contribution in [0.25, 0.3) is 0 Å². The maximum atomic E-state index is 11.1. The summed E-state index contributed by atoms with van der Waals surface area (Å²) >= 11 is 0. The second kappa shape index (κ2) is 9.47. The van der Waals surface area contributed by atoms with Crippen molar-refractivity contribution in [1.82, 2.24) is 4.98 Å². The van der Waals surface area contributed by atoms with E-state index in [4.69, 9.17) is 10.5 Å². The van der Waals surface area contributed by atoms with Gasteiger partial charge in [0.25, 0.3) is 0 Å². The predicted molar refractivity (Wildman–Crippen MR) is 89.4 cm³/mol. The van der Waals surface area contributed by atoms with Gasteiger partial charge < -0.3 is 20.5 Å². The van der Waals surface area contributed by atoms with Crippen molar-refractivity contribution in [2.45, 2.75) is 44.6 Å². The number of anilines is 1. The Labute approximate surface area is 137 Å². The van der Waals surface area contributed by atoms with Gasteiger partial charge in [-0.1, -0.05) is 6.07 Å². The lowest BCUT2D eigenvalue weighted by Crippen LogP contribution is -2.32. The molecule has 1 atom stereocenters. The number of hydrogen-bond acceptors (Lipinski definition) is 6. The van der Waals surface area contributed by atoms with E-state index < -0.39 is 6.04 Å². The van der Waals surface area contributed by atoms with Crippen molar-refractivity contribution in [2.75, 3.05) is 32.2 Å². The van der Waals surface area contributed by atoms with E-state index in [1.807, 2.05) is 0 Å². The van der Waals surface area contributed by atoms with E-state index in [9.17, 15) is 4.79 Å². The van der Waals surface area contributed by atoms with E-state index in [2.05, 4.69) is 27.2 Å². The largest absolute Gasteiger partial charge is 0.468 e. The molecule has 3 N–H and O–H groups in total. The number of esters is 1. The van der Waals surface area contributed by atoms with E-state index in [1.54, 1.807) is 0 Å². The molecule has 0 fully saturated rings. The normalized spacial score (nSPS) is 14.7. The predicted octanol–water partition coefficient (Wildman–Crippen LogP) is 1.67. The van der Waals surface area contributed by atoms with Crippen LogP contribution < -0.4 is 11.1 Å². The summed E-state index contributed by atoms with van der Waals surface area (Å²) in [7, 11) is 1.34. The zero-order valence-corrected chi connectivity index (χ0v) is 13.8. The van der Waals surface area contributed by atoms with Crippen LogP contribution in [0.5, 0.6) is 0 Å². The smallest absolute Gasteiger partial charge is 0.322 e. The van der Waals surface area contributed by atoms with E-state index in [1.165, 1.54) is 19.1 Å². The number of pyridine rings is 1. The number of nitrogens with one attached hydrogen (secondary N) is 1. The van der Waals surface area contributed by atoms with Crippen LogP contribution in [0.2, 0.25) is 0 Å². The third-order valence-electron chi connectivity index (χ3n) is 4.00. The van der Waals surface area contributed by atoms with Crippen LogP contribution in [0.1, 0.15) is 36.9 Å². The first-order chi connectivity index (χ1) is 11.2. The van der Waals surface area contributed by atoms with Crippen LogP contribution in [0.4, 0.5) is 5.82 Å². The first-order valence-electron chi connectivity index (χ1n) is 8.34. The fraction of sp³-hybridized carbons (Fsp3) is 0.647. The molecule has 0 saturated carbocycles. The molecule has 0 radical (unpaired) electrons. The zero-order chi connectivity index (χ0) is 16.5. The third-order valence-corrected chi connectivity index (χ3v) is 4.00. The third kappa shape index (κ3) is 5.80. The molecule has 1 aromatic rings. The second-order valence-electron chi connectivity index (χ2n) is 5.83. The molecule has 128 valence electrons. The van der Waals surface area contributed by atoms with E-state index in [0.29, 0.717) is 19.6 Å². The molecule has 23 heavy (non-hydrogen) atoms. The summed E-state index contributed by atoms with van der Waals surface area (Å²) < 4.78 is 10.1. The minimum Gasteiger partial charge on any atom is -0.468 e. The molecule has 0 spiro atoms. The minimum absolute atomic E-state index is 0.388. The number of ether oxygens (including phenoxy) is 2. The van der Waals surface area contributed by atoms with Gasteiger partial charge >= 0.3 is 5.97 Å². The maximum Gasteiger partial charge on any atom is 0.322 e. The number of nitrogens with two attached hydrogens (primary N) is 1. The van der Waals surface area contributed by atoms with Crippen molar-refractivity contribution in [3.8, 4) is 0 Å². The Morgan fingerprint density at radius 3 is 3.09 bits per heavy atom. The first kappa shape index (κ1) is 17.7. The highest BCUT2D eigenvalue weighted by molar-refractivity contribution is 5.75. The minimum atomic E-state index is -0.591. The highest BCUT2D eigenvalue weighted by atomic mass is 16.5. The van der Waals surface area contributed by atoms with Gasteiger partial charge in [0.15, 0.2) is 0 Å². The number of aryl methyl sites for hydroxylation is 2. The summed E-state index contributed by atoms with van der Waals surface area (Å²) in [6, 6.07) is 3.73. The first-order valence-corrected chi connectivity index (χ1v) is 8.34. The second-order valence-corrected chi connectivity index (χ2v) is 5.83. The number of aromatic nitrogens is 1. The number of unbranched alkanes of at least 4 members (excludes halogenated alkanes) is 1. The van der Waals surface area contributed by atoms with Crippen molar-refractivity contribution in [2.24, 2.45) is 5.73 Å².